The van der Waals surface area contributed by atoms with Crippen LogP contribution >= 0.6 is 0 Å². The van der Waals surface area contributed by atoms with E-state index in [0.29, 0.717) is 5.56 Å². The molecule has 2 rings (SSSR count). The standard InChI is InChI=1S/C15H15F2N3O/c1-20(2)11-8-6-10(7-9-11)15(21)19-18-14-12(16)4-3-5-13(14)17/h3-9,18H,1-2H3,(H,19,21). The van der Waals surface area contributed by atoms with Crippen LogP contribution in [0.5, 0.6) is 0 Å². The van der Waals surface area contributed by atoms with Crippen molar-refractivity contribution >= 4 is 17.3 Å². The summed E-state index contributed by atoms with van der Waals surface area (Å²) in [6, 6.07) is 10.3. The van der Waals surface area contributed by atoms with Crippen LogP contribution in [0.15, 0.2) is 42.5 Å². The zero-order chi connectivity index (χ0) is 15.4. The summed E-state index contributed by atoms with van der Waals surface area (Å²) in [5.74, 6) is -2.04. The van der Waals surface area contributed by atoms with Gasteiger partial charge in [0, 0.05) is 25.3 Å². The van der Waals surface area contributed by atoms with Gasteiger partial charge in [-0.15, -0.1) is 0 Å². The lowest BCUT2D eigenvalue weighted by Gasteiger charge is -2.13. The molecule has 4 nitrogen and oxygen atoms in total. The van der Waals surface area contributed by atoms with Gasteiger partial charge >= 0.3 is 0 Å². The molecule has 0 aliphatic heterocycles. The van der Waals surface area contributed by atoms with Crippen molar-refractivity contribution < 1.29 is 13.6 Å². The molecule has 0 heterocycles. The van der Waals surface area contributed by atoms with E-state index in [1.54, 1.807) is 24.3 Å². The molecule has 1 amide bonds. The Morgan fingerprint density at radius 2 is 1.57 bits per heavy atom. The molecule has 0 saturated carbocycles. The Balaban J connectivity index is 2.05. The molecule has 0 atom stereocenters. The van der Waals surface area contributed by atoms with Crippen LogP contribution in [-0.4, -0.2) is 20.0 Å². The van der Waals surface area contributed by atoms with Crippen LogP contribution in [0.2, 0.25) is 0 Å². The largest absolute Gasteiger partial charge is 0.378 e. The van der Waals surface area contributed by atoms with E-state index in [1.165, 1.54) is 6.07 Å². The molecule has 6 heteroatoms. The fourth-order valence-electron chi connectivity index (χ4n) is 1.72. The van der Waals surface area contributed by atoms with E-state index < -0.39 is 23.2 Å². The molecule has 110 valence electrons. The molecular formula is C15H15F2N3O. The van der Waals surface area contributed by atoms with Crippen LogP contribution in [0, 0.1) is 11.6 Å². The normalized spacial score (nSPS) is 10.1. The summed E-state index contributed by atoms with van der Waals surface area (Å²) in [5, 5.41) is 0. The molecule has 0 radical (unpaired) electrons. The predicted molar refractivity (Wildman–Crippen MR) is 78.2 cm³/mol. The summed E-state index contributed by atoms with van der Waals surface area (Å²) >= 11 is 0. The van der Waals surface area contributed by atoms with Crippen molar-refractivity contribution in [3.05, 3.63) is 59.7 Å². The third-order valence-electron chi connectivity index (χ3n) is 2.91. The number of para-hydroxylation sites is 1. The number of hydrogen-bond acceptors (Lipinski definition) is 3. The Morgan fingerprint density at radius 3 is 2.10 bits per heavy atom. The van der Waals surface area contributed by atoms with Gasteiger partial charge in [0.05, 0.1) is 0 Å². The molecular weight excluding hydrogens is 276 g/mol. The average molecular weight is 291 g/mol. The van der Waals surface area contributed by atoms with Crippen LogP contribution in [0.1, 0.15) is 10.4 Å². The van der Waals surface area contributed by atoms with E-state index in [1.807, 2.05) is 19.0 Å². The molecule has 0 aliphatic rings. The SMILES string of the molecule is CN(C)c1ccc(C(=O)NNc2c(F)cccc2F)cc1. The summed E-state index contributed by atoms with van der Waals surface area (Å²) in [5.41, 5.74) is 5.45. The number of carbonyl (C=O) groups is 1. The van der Waals surface area contributed by atoms with E-state index in [9.17, 15) is 13.6 Å². The summed E-state index contributed by atoms with van der Waals surface area (Å²) < 4.78 is 26.8. The summed E-state index contributed by atoms with van der Waals surface area (Å²) in [4.78, 5) is 13.8. The van der Waals surface area contributed by atoms with Gasteiger partial charge in [-0.1, -0.05) is 6.07 Å². The highest BCUT2D eigenvalue weighted by molar-refractivity contribution is 5.95. The number of rotatable bonds is 4. The Kier molecular flexibility index (Phi) is 4.37. The first-order valence-corrected chi connectivity index (χ1v) is 6.27. The number of benzene rings is 2. The summed E-state index contributed by atoms with van der Waals surface area (Å²) in [6.45, 7) is 0. The fourth-order valence-corrected chi connectivity index (χ4v) is 1.72. The van der Waals surface area contributed by atoms with Crippen molar-refractivity contribution in [3.63, 3.8) is 0 Å². The number of nitrogens with zero attached hydrogens (tertiary/aromatic N) is 1. The fraction of sp³-hybridized carbons (Fsp3) is 0.133. The first kappa shape index (κ1) is 14.8. The van der Waals surface area contributed by atoms with Crippen molar-refractivity contribution in [2.75, 3.05) is 24.4 Å². The highest BCUT2D eigenvalue weighted by Crippen LogP contribution is 2.17. The second kappa shape index (κ2) is 6.21. The van der Waals surface area contributed by atoms with Gasteiger partial charge in [-0.2, -0.15) is 0 Å². The van der Waals surface area contributed by atoms with E-state index in [4.69, 9.17) is 0 Å². The maximum Gasteiger partial charge on any atom is 0.269 e. The Morgan fingerprint density at radius 1 is 1.00 bits per heavy atom. The van der Waals surface area contributed by atoms with Gasteiger partial charge < -0.3 is 4.90 Å². The van der Waals surface area contributed by atoms with Crippen LogP contribution in [0.3, 0.4) is 0 Å². The molecule has 0 aromatic heterocycles. The molecule has 21 heavy (non-hydrogen) atoms. The number of hydrogen-bond donors (Lipinski definition) is 2. The third-order valence-corrected chi connectivity index (χ3v) is 2.91. The number of carbonyl (C=O) groups excluding carboxylic acids is 1. The third kappa shape index (κ3) is 3.47. The minimum atomic E-state index is -0.779. The molecule has 0 bridgehead atoms. The van der Waals surface area contributed by atoms with Gasteiger partial charge in [-0.05, 0) is 36.4 Å². The Hall–Kier alpha value is -2.63. The van der Waals surface area contributed by atoms with E-state index in [-0.39, 0.29) is 0 Å². The summed E-state index contributed by atoms with van der Waals surface area (Å²) in [6.07, 6.45) is 0. The Labute approximate surface area is 121 Å². The molecule has 0 spiro atoms. The van der Waals surface area contributed by atoms with Crippen molar-refractivity contribution in [2.45, 2.75) is 0 Å². The lowest BCUT2D eigenvalue weighted by molar-refractivity contribution is 0.0962. The van der Waals surface area contributed by atoms with Gasteiger partial charge in [0.15, 0.2) is 11.6 Å². The van der Waals surface area contributed by atoms with E-state index in [0.717, 1.165) is 17.8 Å². The second-order valence-corrected chi connectivity index (χ2v) is 4.62. The molecule has 2 N–H and O–H groups in total. The number of anilines is 2. The van der Waals surface area contributed by atoms with Crippen LogP contribution < -0.4 is 15.8 Å². The van der Waals surface area contributed by atoms with Gasteiger partial charge in [-0.3, -0.25) is 15.6 Å². The Bertz CT molecular complexity index is 622. The van der Waals surface area contributed by atoms with Gasteiger partial charge in [0.2, 0.25) is 0 Å². The highest BCUT2D eigenvalue weighted by Gasteiger charge is 2.10. The quantitative estimate of drug-likeness (QED) is 0.851. The highest BCUT2D eigenvalue weighted by atomic mass is 19.1. The number of amides is 1. The van der Waals surface area contributed by atoms with Crippen molar-refractivity contribution in [3.8, 4) is 0 Å². The van der Waals surface area contributed by atoms with E-state index >= 15 is 0 Å². The first-order valence-electron chi connectivity index (χ1n) is 6.27. The molecule has 2 aromatic rings. The van der Waals surface area contributed by atoms with Crippen molar-refractivity contribution in [2.24, 2.45) is 0 Å². The zero-order valence-corrected chi connectivity index (χ0v) is 11.7. The van der Waals surface area contributed by atoms with E-state index in [2.05, 4.69) is 10.9 Å². The number of nitrogens with one attached hydrogen (secondary N) is 2. The first-order chi connectivity index (χ1) is 9.99. The van der Waals surface area contributed by atoms with Gasteiger partial charge in [-0.25, -0.2) is 8.78 Å². The molecule has 0 unspecified atom stereocenters. The minimum absolute atomic E-state index is 0.379. The molecule has 0 saturated heterocycles. The monoisotopic (exact) mass is 291 g/mol. The maximum atomic E-state index is 13.4. The predicted octanol–water partition coefficient (Wildman–Crippen LogP) is 2.79. The van der Waals surface area contributed by atoms with Gasteiger partial charge in [0.1, 0.15) is 5.69 Å². The lowest BCUT2D eigenvalue weighted by Crippen LogP contribution is -2.30. The minimum Gasteiger partial charge on any atom is -0.378 e. The molecule has 2 aromatic carbocycles. The van der Waals surface area contributed by atoms with Crippen molar-refractivity contribution in [1.82, 2.24) is 5.43 Å². The topological polar surface area (TPSA) is 44.4 Å². The molecule has 0 aliphatic carbocycles. The van der Waals surface area contributed by atoms with Crippen LogP contribution in [-0.2, 0) is 0 Å². The van der Waals surface area contributed by atoms with Crippen LogP contribution in [0.25, 0.3) is 0 Å². The molecule has 0 fully saturated rings. The van der Waals surface area contributed by atoms with Crippen LogP contribution in [0.4, 0.5) is 20.2 Å². The van der Waals surface area contributed by atoms with Gasteiger partial charge in [0.25, 0.3) is 5.91 Å². The lowest BCUT2D eigenvalue weighted by atomic mass is 10.2. The average Bonchev–Trinajstić information content (AvgIpc) is 2.46. The summed E-state index contributed by atoms with van der Waals surface area (Å²) in [7, 11) is 3.77. The number of halogens is 2. The maximum absolute atomic E-state index is 13.4. The second-order valence-electron chi connectivity index (χ2n) is 4.62. The smallest absolute Gasteiger partial charge is 0.269 e. The van der Waals surface area contributed by atoms with Crippen molar-refractivity contribution in [1.29, 1.82) is 0 Å². The number of hydrazine groups is 1. The zero-order valence-electron chi connectivity index (χ0n) is 11.7.